The Morgan fingerprint density at radius 3 is 2.73 bits per heavy atom. The van der Waals surface area contributed by atoms with Gasteiger partial charge in [-0.25, -0.2) is 0 Å². The number of hydrogen-bond acceptors (Lipinski definition) is 4. The lowest BCUT2D eigenvalue weighted by Crippen LogP contribution is -2.44. The van der Waals surface area contributed by atoms with Crippen molar-refractivity contribution in [1.29, 1.82) is 5.26 Å². The van der Waals surface area contributed by atoms with Crippen LogP contribution in [0.15, 0.2) is 42.5 Å². The van der Waals surface area contributed by atoms with Crippen molar-refractivity contribution in [2.24, 2.45) is 0 Å². The molecule has 0 aromatic heterocycles. The molecule has 0 aliphatic carbocycles. The molecule has 0 radical (unpaired) electrons. The van der Waals surface area contributed by atoms with Crippen LogP contribution in [0.4, 0.5) is 0 Å². The Balaban J connectivity index is 1.34. The van der Waals surface area contributed by atoms with Crippen molar-refractivity contribution in [3.8, 4) is 11.8 Å². The van der Waals surface area contributed by atoms with Crippen LogP contribution in [-0.4, -0.2) is 36.5 Å². The highest BCUT2D eigenvalue weighted by Gasteiger charge is 2.21. The van der Waals surface area contributed by atoms with E-state index in [2.05, 4.69) is 28.4 Å². The van der Waals surface area contributed by atoms with Gasteiger partial charge in [0.2, 0.25) is 5.91 Å². The topological polar surface area (TPSA) is 65.4 Å². The molecule has 3 rings (SSSR count). The summed E-state index contributed by atoms with van der Waals surface area (Å²) in [6.07, 6.45) is 3.09. The van der Waals surface area contributed by atoms with Gasteiger partial charge < -0.3 is 10.1 Å². The van der Waals surface area contributed by atoms with Crippen molar-refractivity contribution in [2.75, 3.05) is 19.7 Å². The van der Waals surface area contributed by atoms with Crippen LogP contribution in [0.5, 0.6) is 5.75 Å². The van der Waals surface area contributed by atoms with Crippen LogP contribution >= 0.6 is 0 Å². The number of benzene rings is 2. The third-order valence-electron chi connectivity index (χ3n) is 5.63. The summed E-state index contributed by atoms with van der Waals surface area (Å²) in [7, 11) is 0. The van der Waals surface area contributed by atoms with Crippen LogP contribution in [-0.2, 0) is 11.3 Å². The van der Waals surface area contributed by atoms with E-state index < -0.39 is 0 Å². The van der Waals surface area contributed by atoms with Gasteiger partial charge in [0, 0.05) is 32.1 Å². The second-order valence-electron chi connectivity index (χ2n) is 8.11. The maximum absolute atomic E-state index is 12.3. The molecule has 1 aliphatic rings. The summed E-state index contributed by atoms with van der Waals surface area (Å²) < 4.78 is 5.84. The molecular formula is C25H31N3O2. The Kier molecular flexibility index (Phi) is 7.87. The molecule has 0 bridgehead atoms. The summed E-state index contributed by atoms with van der Waals surface area (Å²) in [4.78, 5) is 14.6. The van der Waals surface area contributed by atoms with E-state index in [4.69, 9.17) is 4.74 Å². The molecule has 0 atom stereocenters. The van der Waals surface area contributed by atoms with Gasteiger partial charge >= 0.3 is 0 Å². The minimum absolute atomic E-state index is 0.104. The molecular weight excluding hydrogens is 374 g/mol. The van der Waals surface area contributed by atoms with E-state index in [1.807, 2.05) is 44.2 Å². The minimum atomic E-state index is 0.104. The molecule has 1 amide bonds. The Morgan fingerprint density at radius 2 is 1.97 bits per heavy atom. The van der Waals surface area contributed by atoms with Gasteiger partial charge in [-0.2, -0.15) is 5.26 Å². The zero-order valence-electron chi connectivity index (χ0n) is 18.0. The Bertz CT molecular complexity index is 896. The number of nitriles is 1. The van der Waals surface area contributed by atoms with Crippen LogP contribution in [0.3, 0.4) is 0 Å². The van der Waals surface area contributed by atoms with Crippen molar-refractivity contribution < 1.29 is 9.53 Å². The Hall–Kier alpha value is -2.84. The summed E-state index contributed by atoms with van der Waals surface area (Å²) >= 11 is 0. The van der Waals surface area contributed by atoms with Gasteiger partial charge in [-0.1, -0.05) is 30.3 Å². The Labute approximate surface area is 179 Å². The lowest BCUT2D eigenvalue weighted by molar-refractivity contribution is -0.122. The number of ether oxygens (including phenoxy) is 1. The molecule has 2 aromatic carbocycles. The fraction of sp³-hybridized carbons (Fsp3) is 0.440. The van der Waals surface area contributed by atoms with E-state index >= 15 is 0 Å². The molecule has 1 aliphatic heterocycles. The van der Waals surface area contributed by atoms with Gasteiger partial charge in [0.25, 0.3) is 0 Å². The van der Waals surface area contributed by atoms with E-state index in [0.29, 0.717) is 19.4 Å². The van der Waals surface area contributed by atoms with E-state index in [-0.39, 0.29) is 11.9 Å². The standard InChI is InChI=1S/C25H31N3O2/c1-19-9-10-20(2)24(16-19)30-15-5-8-25(29)27-23-11-13-28(14-12-23)18-22-7-4-3-6-21(22)17-26/h3-4,6-7,9-10,16,23H,5,8,11-15,18H2,1-2H3,(H,27,29). The number of nitrogens with zero attached hydrogens (tertiary/aromatic N) is 2. The number of carbonyl (C=O) groups excluding carboxylic acids is 1. The van der Waals surface area contributed by atoms with Crippen molar-refractivity contribution in [3.05, 3.63) is 64.7 Å². The molecule has 0 spiro atoms. The number of amides is 1. The average molecular weight is 406 g/mol. The second kappa shape index (κ2) is 10.8. The molecule has 158 valence electrons. The smallest absolute Gasteiger partial charge is 0.220 e. The van der Waals surface area contributed by atoms with Crippen LogP contribution in [0.1, 0.15) is 47.9 Å². The zero-order valence-corrected chi connectivity index (χ0v) is 18.0. The van der Waals surface area contributed by atoms with Crippen LogP contribution in [0, 0.1) is 25.2 Å². The highest BCUT2D eigenvalue weighted by atomic mass is 16.5. The minimum Gasteiger partial charge on any atom is -0.493 e. The number of rotatable bonds is 8. The van der Waals surface area contributed by atoms with Crippen LogP contribution in [0.2, 0.25) is 0 Å². The summed E-state index contributed by atoms with van der Waals surface area (Å²) in [5.41, 5.74) is 4.12. The number of hydrogen-bond donors (Lipinski definition) is 1. The van der Waals surface area contributed by atoms with Gasteiger partial charge in [0.1, 0.15) is 5.75 Å². The van der Waals surface area contributed by atoms with Crippen molar-refractivity contribution in [2.45, 2.75) is 52.1 Å². The molecule has 0 unspecified atom stereocenters. The largest absolute Gasteiger partial charge is 0.493 e. The highest BCUT2D eigenvalue weighted by Crippen LogP contribution is 2.19. The lowest BCUT2D eigenvalue weighted by Gasteiger charge is -2.32. The number of carbonyl (C=O) groups is 1. The van der Waals surface area contributed by atoms with Crippen LogP contribution in [0.25, 0.3) is 0 Å². The second-order valence-corrected chi connectivity index (χ2v) is 8.11. The van der Waals surface area contributed by atoms with Crippen molar-refractivity contribution >= 4 is 5.91 Å². The fourth-order valence-electron chi connectivity index (χ4n) is 3.82. The normalized spacial score (nSPS) is 14.8. The number of aryl methyl sites for hydroxylation is 2. The van der Waals surface area contributed by atoms with E-state index in [1.165, 1.54) is 5.56 Å². The lowest BCUT2D eigenvalue weighted by atomic mass is 10.0. The van der Waals surface area contributed by atoms with Gasteiger partial charge in [-0.05, 0) is 61.9 Å². The van der Waals surface area contributed by atoms with Gasteiger partial charge in [-0.3, -0.25) is 9.69 Å². The Morgan fingerprint density at radius 1 is 1.20 bits per heavy atom. The summed E-state index contributed by atoms with van der Waals surface area (Å²) in [5, 5.41) is 12.4. The maximum Gasteiger partial charge on any atom is 0.220 e. The third-order valence-corrected chi connectivity index (χ3v) is 5.63. The first-order chi connectivity index (χ1) is 14.5. The summed E-state index contributed by atoms with van der Waals surface area (Å²) in [6.45, 7) is 7.29. The summed E-state index contributed by atoms with van der Waals surface area (Å²) in [5.74, 6) is 1.01. The average Bonchev–Trinajstić information content (AvgIpc) is 2.75. The van der Waals surface area contributed by atoms with Crippen molar-refractivity contribution in [3.63, 3.8) is 0 Å². The monoisotopic (exact) mass is 405 g/mol. The van der Waals surface area contributed by atoms with Crippen LogP contribution < -0.4 is 10.1 Å². The van der Waals surface area contributed by atoms with E-state index in [9.17, 15) is 10.1 Å². The first-order valence-corrected chi connectivity index (χ1v) is 10.7. The summed E-state index contributed by atoms with van der Waals surface area (Å²) in [6, 6.07) is 16.4. The van der Waals surface area contributed by atoms with Crippen molar-refractivity contribution in [1.82, 2.24) is 10.2 Å². The first kappa shape index (κ1) is 21.9. The van der Waals surface area contributed by atoms with E-state index in [0.717, 1.165) is 54.9 Å². The quantitative estimate of drug-likeness (QED) is 0.671. The number of nitrogens with one attached hydrogen (secondary N) is 1. The predicted octanol–water partition coefficient (Wildman–Crippen LogP) is 4.11. The van der Waals surface area contributed by atoms with Gasteiger partial charge in [-0.15, -0.1) is 0 Å². The number of piperidine rings is 1. The molecule has 5 heteroatoms. The molecule has 0 saturated carbocycles. The molecule has 2 aromatic rings. The maximum atomic E-state index is 12.3. The molecule has 30 heavy (non-hydrogen) atoms. The molecule has 1 heterocycles. The molecule has 1 saturated heterocycles. The SMILES string of the molecule is Cc1ccc(C)c(OCCCC(=O)NC2CCN(Cc3ccccc3C#N)CC2)c1. The van der Waals surface area contributed by atoms with Gasteiger partial charge in [0.15, 0.2) is 0 Å². The first-order valence-electron chi connectivity index (χ1n) is 10.7. The van der Waals surface area contributed by atoms with Gasteiger partial charge in [0.05, 0.1) is 18.2 Å². The molecule has 5 nitrogen and oxygen atoms in total. The number of likely N-dealkylation sites (tertiary alicyclic amines) is 1. The fourth-order valence-corrected chi connectivity index (χ4v) is 3.82. The predicted molar refractivity (Wildman–Crippen MR) is 118 cm³/mol. The third kappa shape index (κ3) is 6.33. The molecule has 1 N–H and O–H groups in total. The molecule has 1 fully saturated rings. The highest BCUT2D eigenvalue weighted by molar-refractivity contribution is 5.76. The zero-order chi connectivity index (χ0) is 21.3. The van der Waals surface area contributed by atoms with E-state index in [1.54, 1.807) is 0 Å².